The molecule has 2 aliphatic rings. The number of amides is 2. The maximum atomic E-state index is 12.8. The van der Waals surface area contributed by atoms with Crippen LogP contribution in [0.2, 0.25) is 0 Å². The number of rotatable bonds is 5. The van der Waals surface area contributed by atoms with Crippen LogP contribution in [-0.4, -0.2) is 19.2 Å². The van der Waals surface area contributed by atoms with Gasteiger partial charge in [-0.2, -0.15) is 13.2 Å². The molecule has 1 aliphatic heterocycles. The predicted molar refractivity (Wildman–Crippen MR) is 99.7 cm³/mol. The van der Waals surface area contributed by atoms with E-state index in [1.807, 2.05) is 18.2 Å². The fourth-order valence-electron chi connectivity index (χ4n) is 3.39. The molecule has 2 N–H and O–H groups in total. The minimum atomic E-state index is -4.41. The van der Waals surface area contributed by atoms with Gasteiger partial charge < -0.3 is 20.1 Å². The number of benzene rings is 2. The summed E-state index contributed by atoms with van der Waals surface area (Å²) in [5.74, 6) is 1.67. The fraction of sp³-hybridized carbons (Fsp3) is 0.381. The Labute approximate surface area is 166 Å². The highest BCUT2D eigenvalue weighted by atomic mass is 19.4. The first kappa shape index (κ1) is 19.4. The second kappa shape index (κ2) is 7.85. The number of alkyl halides is 3. The van der Waals surface area contributed by atoms with Crippen molar-refractivity contribution in [2.45, 2.75) is 31.6 Å². The summed E-state index contributed by atoms with van der Waals surface area (Å²) in [7, 11) is 0. The number of fused-ring (bicyclic) bond motifs is 1. The Hall–Kier alpha value is -2.90. The van der Waals surface area contributed by atoms with Gasteiger partial charge in [0.1, 0.15) is 13.2 Å². The molecule has 0 saturated heterocycles. The summed E-state index contributed by atoms with van der Waals surface area (Å²) in [5.41, 5.74) is 0.576. The van der Waals surface area contributed by atoms with Gasteiger partial charge in [0.15, 0.2) is 11.5 Å². The second-order valence-electron chi connectivity index (χ2n) is 7.24. The molecule has 1 atom stereocenters. The average Bonchev–Trinajstić information content (AvgIpc) is 3.55. The minimum Gasteiger partial charge on any atom is -0.486 e. The zero-order valence-corrected chi connectivity index (χ0v) is 15.6. The van der Waals surface area contributed by atoms with E-state index in [0.717, 1.165) is 30.5 Å². The van der Waals surface area contributed by atoms with Gasteiger partial charge in [0, 0.05) is 6.54 Å². The molecule has 2 aromatic carbocycles. The Morgan fingerprint density at radius 3 is 2.55 bits per heavy atom. The van der Waals surface area contributed by atoms with Crippen LogP contribution in [0.15, 0.2) is 42.5 Å². The van der Waals surface area contributed by atoms with Crippen LogP contribution in [-0.2, 0) is 12.7 Å². The van der Waals surface area contributed by atoms with E-state index in [9.17, 15) is 18.0 Å². The highest BCUT2D eigenvalue weighted by Gasteiger charge is 2.34. The van der Waals surface area contributed by atoms with Crippen LogP contribution in [0, 0.1) is 5.92 Å². The SMILES string of the molecule is O=C(NCc1cccc(C(F)(F)F)c1)NC(c1ccc2c(c1)OCCO2)C1CC1. The Morgan fingerprint density at radius 2 is 1.83 bits per heavy atom. The molecule has 1 aliphatic carbocycles. The van der Waals surface area contributed by atoms with Crippen molar-refractivity contribution in [1.82, 2.24) is 10.6 Å². The van der Waals surface area contributed by atoms with Crippen LogP contribution >= 0.6 is 0 Å². The Balaban J connectivity index is 1.40. The summed E-state index contributed by atoms with van der Waals surface area (Å²) in [6, 6.07) is 9.94. The third-order valence-corrected chi connectivity index (χ3v) is 5.01. The van der Waals surface area contributed by atoms with Crippen molar-refractivity contribution in [3.63, 3.8) is 0 Å². The second-order valence-corrected chi connectivity index (χ2v) is 7.24. The van der Waals surface area contributed by atoms with Gasteiger partial charge in [-0.15, -0.1) is 0 Å². The molecule has 2 amide bonds. The first-order valence-corrected chi connectivity index (χ1v) is 9.50. The number of ether oxygens (including phenoxy) is 2. The van der Waals surface area contributed by atoms with E-state index in [1.165, 1.54) is 6.07 Å². The molecular weight excluding hydrogens is 385 g/mol. The number of carbonyl (C=O) groups is 1. The third-order valence-electron chi connectivity index (χ3n) is 5.01. The molecule has 8 heteroatoms. The Morgan fingerprint density at radius 1 is 1.07 bits per heavy atom. The van der Waals surface area contributed by atoms with Gasteiger partial charge in [0.2, 0.25) is 0 Å². The first-order valence-electron chi connectivity index (χ1n) is 9.50. The van der Waals surface area contributed by atoms with E-state index in [1.54, 1.807) is 6.07 Å². The van der Waals surface area contributed by atoms with Crippen molar-refractivity contribution in [1.29, 1.82) is 0 Å². The van der Waals surface area contributed by atoms with Gasteiger partial charge in [0.05, 0.1) is 11.6 Å². The smallest absolute Gasteiger partial charge is 0.416 e. The molecular formula is C21H21F3N2O3. The van der Waals surface area contributed by atoms with E-state index < -0.39 is 17.8 Å². The van der Waals surface area contributed by atoms with Gasteiger partial charge >= 0.3 is 12.2 Å². The first-order chi connectivity index (χ1) is 13.9. The molecule has 2 aromatic rings. The topological polar surface area (TPSA) is 59.6 Å². The van der Waals surface area contributed by atoms with Crippen LogP contribution < -0.4 is 20.1 Å². The van der Waals surface area contributed by atoms with Crippen LogP contribution in [0.25, 0.3) is 0 Å². The van der Waals surface area contributed by atoms with Crippen molar-refractivity contribution >= 4 is 6.03 Å². The molecule has 1 unspecified atom stereocenters. The molecule has 5 nitrogen and oxygen atoms in total. The maximum Gasteiger partial charge on any atom is 0.416 e. The highest BCUT2D eigenvalue weighted by molar-refractivity contribution is 5.74. The van der Waals surface area contributed by atoms with E-state index in [2.05, 4.69) is 10.6 Å². The van der Waals surface area contributed by atoms with Gasteiger partial charge in [-0.3, -0.25) is 0 Å². The standard InChI is InChI=1S/C21H21F3N2O3/c22-21(23,24)16-3-1-2-13(10-16)12-25-20(27)26-19(14-4-5-14)15-6-7-17-18(11-15)29-9-8-28-17/h1-3,6-7,10-11,14,19H,4-5,8-9,12H2,(H2,25,26,27). The molecule has 0 bridgehead atoms. The Kier molecular flexibility index (Phi) is 5.25. The molecule has 0 spiro atoms. The number of halogens is 3. The van der Waals surface area contributed by atoms with Crippen LogP contribution in [0.3, 0.4) is 0 Å². The summed E-state index contributed by atoms with van der Waals surface area (Å²) in [4.78, 5) is 12.4. The number of nitrogens with one attached hydrogen (secondary N) is 2. The third kappa shape index (κ3) is 4.75. The maximum absolute atomic E-state index is 12.8. The van der Waals surface area contributed by atoms with Crippen LogP contribution in [0.5, 0.6) is 11.5 Å². The van der Waals surface area contributed by atoms with Gasteiger partial charge in [-0.05, 0) is 54.2 Å². The zero-order chi connectivity index (χ0) is 20.4. The zero-order valence-electron chi connectivity index (χ0n) is 15.6. The lowest BCUT2D eigenvalue weighted by molar-refractivity contribution is -0.137. The summed E-state index contributed by atoms with van der Waals surface area (Å²) in [6.07, 6.45) is -2.40. The van der Waals surface area contributed by atoms with Gasteiger partial charge in [0.25, 0.3) is 0 Å². The molecule has 0 aromatic heterocycles. The highest BCUT2D eigenvalue weighted by Crippen LogP contribution is 2.43. The number of urea groups is 1. The number of hydrogen-bond donors (Lipinski definition) is 2. The monoisotopic (exact) mass is 406 g/mol. The average molecular weight is 406 g/mol. The van der Waals surface area contributed by atoms with Crippen LogP contribution in [0.1, 0.15) is 35.6 Å². The van der Waals surface area contributed by atoms with Crippen molar-refractivity contribution in [3.8, 4) is 11.5 Å². The van der Waals surface area contributed by atoms with E-state index >= 15 is 0 Å². The molecule has 154 valence electrons. The summed E-state index contributed by atoms with van der Waals surface area (Å²) in [6.45, 7) is 0.998. The van der Waals surface area contributed by atoms with Crippen molar-refractivity contribution in [2.75, 3.05) is 13.2 Å². The van der Waals surface area contributed by atoms with Crippen molar-refractivity contribution < 1.29 is 27.4 Å². The van der Waals surface area contributed by atoms with E-state index in [0.29, 0.717) is 36.2 Å². The van der Waals surface area contributed by atoms with Crippen LogP contribution in [0.4, 0.5) is 18.0 Å². The van der Waals surface area contributed by atoms with Gasteiger partial charge in [-0.25, -0.2) is 4.79 Å². The molecule has 1 saturated carbocycles. The van der Waals surface area contributed by atoms with E-state index in [4.69, 9.17) is 9.47 Å². The lowest BCUT2D eigenvalue weighted by Gasteiger charge is -2.23. The largest absolute Gasteiger partial charge is 0.486 e. The summed E-state index contributed by atoms with van der Waals surface area (Å²) in [5, 5.41) is 5.60. The lowest BCUT2D eigenvalue weighted by atomic mass is 10.0. The normalized spacial score (nSPS) is 16.8. The van der Waals surface area contributed by atoms with E-state index in [-0.39, 0.29) is 12.6 Å². The summed E-state index contributed by atoms with van der Waals surface area (Å²) >= 11 is 0. The van der Waals surface area contributed by atoms with Gasteiger partial charge in [-0.1, -0.05) is 18.2 Å². The molecule has 0 radical (unpaired) electrons. The molecule has 1 heterocycles. The number of carbonyl (C=O) groups excluding carboxylic acids is 1. The molecule has 29 heavy (non-hydrogen) atoms. The summed E-state index contributed by atoms with van der Waals surface area (Å²) < 4.78 is 49.6. The van der Waals surface area contributed by atoms with Crippen molar-refractivity contribution in [3.05, 3.63) is 59.2 Å². The quantitative estimate of drug-likeness (QED) is 0.773. The molecule has 4 rings (SSSR count). The number of hydrogen-bond acceptors (Lipinski definition) is 3. The Bertz CT molecular complexity index is 897. The fourth-order valence-corrected chi connectivity index (χ4v) is 3.39. The van der Waals surface area contributed by atoms with Crippen molar-refractivity contribution in [2.24, 2.45) is 5.92 Å². The molecule has 1 fully saturated rings. The minimum absolute atomic E-state index is 0.00821. The lowest BCUT2D eigenvalue weighted by Crippen LogP contribution is -2.38. The predicted octanol–water partition coefficient (Wildman–Crippen LogP) is 4.43.